The molecule has 0 fully saturated rings. The van der Waals surface area contributed by atoms with Crippen LogP contribution >= 0.6 is 0 Å². The predicted molar refractivity (Wildman–Crippen MR) is 103 cm³/mol. The molecule has 2 rings (SSSR count). The van der Waals surface area contributed by atoms with Crippen molar-refractivity contribution in [2.45, 2.75) is 31.7 Å². The highest BCUT2D eigenvalue weighted by Gasteiger charge is 2.38. The first kappa shape index (κ1) is 20.5. The first-order valence-corrected chi connectivity index (χ1v) is 12.0. The molecule has 1 atom stereocenters. The van der Waals surface area contributed by atoms with Gasteiger partial charge in [0.2, 0.25) is 0 Å². The van der Waals surface area contributed by atoms with E-state index in [1.54, 1.807) is 12.1 Å². The minimum Gasteiger partial charge on any atom is -0.497 e. The van der Waals surface area contributed by atoms with Gasteiger partial charge in [0.1, 0.15) is 13.8 Å². The van der Waals surface area contributed by atoms with Crippen molar-refractivity contribution in [3.8, 4) is 17.2 Å². The van der Waals surface area contributed by atoms with Gasteiger partial charge < -0.3 is 14.4 Å². The van der Waals surface area contributed by atoms with Crippen molar-refractivity contribution in [2.24, 2.45) is 0 Å². The van der Waals surface area contributed by atoms with Gasteiger partial charge in [0.15, 0.2) is 11.8 Å². The highest BCUT2D eigenvalue weighted by molar-refractivity contribution is 6.83. The molecule has 1 heterocycles. The maximum atomic E-state index is 12.8. The van der Waals surface area contributed by atoms with Crippen LogP contribution < -0.4 is 10.1 Å². The van der Waals surface area contributed by atoms with Crippen LogP contribution in [0, 0.1) is 11.5 Å². The number of ether oxygens (including phenoxy) is 2. The Morgan fingerprint density at radius 1 is 1.37 bits per heavy atom. The highest BCUT2D eigenvalue weighted by atomic mass is 28.3. The minimum atomic E-state index is -1.83. The lowest BCUT2D eigenvalue weighted by atomic mass is 10.0. The van der Waals surface area contributed by atoms with E-state index in [0.29, 0.717) is 24.1 Å². The summed E-state index contributed by atoms with van der Waals surface area (Å²) in [6, 6.07) is 5.26. The van der Waals surface area contributed by atoms with E-state index in [9.17, 15) is 14.4 Å². The third kappa shape index (κ3) is 4.89. The first-order valence-electron chi connectivity index (χ1n) is 8.46. The number of carbonyl (C=O) groups excluding carboxylic acids is 3. The zero-order valence-electron chi connectivity index (χ0n) is 16.2. The second-order valence-corrected chi connectivity index (χ2v) is 12.1. The number of amides is 2. The Balaban J connectivity index is 2.35. The third-order valence-corrected chi connectivity index (χ3v) is 4.88. The standard InChI is InChI=1S/C19H24N2O5Si/c1-25-15-7-6-14-11-21(17(23)16(14)10-15)12-19(13-22,20-18(24)26-2)8-9-27(3,4)5/h6-7,10,13H,11-12H2,1-5H3,(H,20,24)/t19-/m1/s1. The van der Waals surface area contributed by atoms with Gasteiger partial charge in [0.25, 0.3) is 5.91 Å². The summed E-state index contributed by atoms with van der Waals surface area (Å²) < 4.78 is 9.81. The molecule has 0 bridgehead atoms. The molecule has 0 unspecified atom stereocenters. The highest BCUT2D eigenvalue weighted by Crippen LogP contribution is 2.27. The number of aldehydes is 1. The fourth-order valence-electron chi connectivity index (χ4n) is 2.63. The molecule has 1 aromatic rings. The van der Waals surface area contributed by atoms with E-state index in [4.69, 9.17) is 4.74 Å². The Labute approximate surface area is 160 Å². The molecular weight excluding hydrogens is 364 g/mol. The van der Waals surface area contributed by atoms with Crippen LogP contribution in [-0.2, 0) is 16.1 Å². The number of nitrogens with zero attached hydrogens (tertiary/aromatic N) is 1. The Morgan fingerprint density at radius 3 is 2.63 bits per heavy atom. The number of carbonyl (C=O) groups is 3. The van der Waals surface area contributed by atoms with Crippen LogP contribution in [0.3, 0.4) is 0 Å². The fraction of sp³-hybridized carbons (Fsp3) is 0.421. The van der Waals surface area contributed by atoms with Crippen LogP contribution in [-0.4, -0.2) is 57.6 Å². The molecule has 8 heteroatoms. The topological polar surface area (TPSA) is 84.9 Å². The number of rotatable bonds is 5. The summed E-state index contributed by atoms with van der Waals surface area (Å²) >= 11 is 0. The average molecular weight is 388 g/mol. The van der Waals surface area contributed by atoms with E-state index in [0.717, 1.165) is 5.56 Å². The average Bonchev–Trinajstić information content (AvgIpc) is 2.93. The lowest BCUT2D eigenvalue weighted by Gasteiger charge is -2.28. The molecule has 0 spiro atoms. The van der Waals surface area contributed by atoms with E-state index in [1.807, 2.05) is 25.7 Å². The molecule has 1 aliphatic rings. The third-order valence-electron chi connectivity index (χ3n) is 4.01. The van der Waals surface area contributed by atoms with Crippen molar-refractivity contribution in [1.29, 1.82) is 0 Å². The van der Waals surface area contributed by atoms with Gasteiger partial charge in [-0.25, -0.2) is 4.79 Å². The van der Waals surface area contributed by atoms with Crippen LogP contribution in [0.2, 0.25) is 19.6 Å². The van der Waals surface area contributed by atoms with Crippen LogP contribution in [0.15, 0.2) is 18.2 Å². The zero-order valence-corrected chi connectivity index (χ0v) is 17.2. The van der Waals surface area contributed by atoms with E-state index >= 15 is 0 Å². The Hall–Kier alpha value is -2.79. The second-order valence-electron chi connectivity index (χ2n) is 7.39. The number of benzene rings is 1. The molecule has 0 aliphatic carbocycles. The largest absolute Gasteiger partial charge is 0.497 e. The Bertz CT molecular complexity index is 822. The summed E-state index contributed by atoms with van der Waals surface area (Å²) in [6.45, 7) is 6.33. The van der Waals surface area contributed by atoms with E-state index < -0.39 is 19.7 Å². The molecule has 2 amide bonds. The maximum absolute atomic E-state index is 12.8. The molecule has 7 nitrogen and oxygen atoms in total. The maximum Gasteiger partial charge on any atom is 0.408 e. The summed E-state index contributed by atoms with van der Waals surface area (Å²) in [6.07, 6.45) is -0.216. The Kier molecular flexibility index (Phi) is 5.96. The zero-order chi connectivity index (χ0) is 20.2. The summed E-state index contributed by atoms with van der Waals surface area (Å²) in [5, 5.41) is 2.50. The molecule has 1 aliphatic heterocycles. The lowest BCUT2D eigenvalue weighted by molar-refractivity contribution is -0.111. The smallest absolute Gasteiger partial charge is 0.408 e. The van der Waals surface area contributed by atoms with Crippen molar-refractivity contribution in [3.05, 3.63) is 29.3 Å². The van der Waals surface area contributed by atoms with Crippen molar-refractivity contribution < 1.29 is 23.9 Å². The van der Waals surface area contributed by atoms with E-state index in [-0.39, 0.29) is 12.5 Å². The van der Waals surface area contributed by atoms with Gasteiger partial charge in [-0.3, -0.25) is 14.9 Å². The Morgan fingerprint density at radius 2 is 2.07 bits per heavy atom. The molecule has 0 aromatic heterocycles. The van der Waals surface area contributed by atoms with Gasteiger partial charge in [0, 0.05) is 12.1 Å². The van der Waals surface area contributed by atoms with Gasteiger partial charge >= 0.3 is 6.09 Å². The molecule has 0 saturated heterocycles. The number of fused-ring (bicyclic) bond motifs is 1. The van der Waals surface area contributed by atoms with Crippen LogP contribution in [0.25, 0.3) is 0 Å². The summed E-state index contributed by atoms with van der Waals surface area (Å²) in [4.78, 5) is 38.0. The number of hydrogen-bond donors (Lipinski definition) is 1. The van der Waals surface area contributed by atoms with Gasteiger partial charge in [-0.1, -0.05) is 31.6 Å². The minimum absolute atomic E-state index is 0.0705. The summed E-state index contributed by atoms with van der Waals surface area (Å²) in [7, 11) is 0.913. The van der Waals surface area contributed by atoms with E-state index in [1.165, 1.54) is 19.1 Å². The van der Waals surface area contributed by atoms with Crippen LogP contribution in [0.4, 0.5) is 4.79 Å². The van der Waals surface area contributed by atoms with Gasteiger partial charge in [-0.15, -0.1) is 5.54 Å². The van der Waals surface area contributed by atoms with Crippen molar-refractivity contribution in [1.82, 2.24) is 10.2 Å². The number of methoxy groups -OCH3 is 2. The first-order chi connectivity index (χ1) is 12.6. The molecule has 144 valence electrons. The van der Waals surface area contributed by atoms with Crippen LogP contribution in [0.5, 0.6) is 5.75 Å². The van der Waals surface area contributed by atoms with Crippen molar-refractivity contribution in [3.63, 3.8) is 0 Å². The molecule has 1 N–H and O–H groups in total. The number of hydrogen-bond acceptors (Lipinski definition) is 5. The van der Waals surface area contributed by atoms with Crippen LogP contribution in [0.1, 0.15) is 15.9 Å². The number of alkyl carbamates (subject to hydrolysis) is 1. The van der Waals surface area contributed by atoms with Gasteiger partial charge in [-0.05, 0) is 17.7 Å². The van der Waals surface area contributed by atoms with Gasteiger partial charge in [0.05, 0.1) is 20.8 Å². The monoisotopic (exact) mass is 388 g/mol. The molecule has 27 heavy (non-hydrogen) atoms. The summed E-state index contributed by atoms with van der Waals surface area (Å²) in [5.74, 6) is 3.24. The molecule has 1 aromatic carbocycles. The molecule has 0 radical (unpaired) electrons. The van der Waals surface area contributed by atoms with Crippen molar-refractivity contribution in [2.75, 3.05) is 20.8 Å². The lowest BCUT2D eigenvalue weighted by Crippen LogP contribution is -2.56. The second kappa shape index (κ2) is 7.84. The van der Waals surface area contributed by atoms with E-state index in [2.05, 4.69) is 21.5 Å². The van der Waals surface area contributed by atoms with Gasteiger partial charge in [-0.2, -0.15) is 0 Å². The molecular formula is C19H24N2O5Si. The normalized spacial score (nSPS) is 15.1. The SMILES string of the molecule is COC(=O)N[C@@](C#C[Si](C)(C)C)(C=O)CN1Cc2ccc(OC)cc2C1=O. The fourth-order valence-corrected chi connectivity index (χ4v) is 3.23. The quantitative estimate of drug-likeness (QED) is 0.473. The summed E-state index contributed by atoms with van der Waals surface area (Å²) in [5.41, 5.74) is 2.92. The predicted octanol–water partition coefficient (Wildman–Crippen LogP) is 1.83. The number of nitrogens with one attached hydrogen (secondary N) is 1. The molecule has 0 saturated carbocycles. The van der Waals surface area contributed by atoms with Crippen molar-refractivity contribution >= 4 is 26.4 Å².